The van der Waals surface area contributed by atoms with Crippen LogP contribution in [0.3, 0.4) is 0 Å². The van der Waals surface area contributed by atoms with Crippen molar-refractivity contribution in [3.8, 4) is 5.75 Å². The first-order valence-electron chi connectivity index (χ1n) is 15.0. The molecule has 2 heteroatoms. The lowest BCUT2D eigenvalue weighted by molar-refractivity contribution is 0.236. The number of hydrogen-bond donors (Lipinski definition) is 0. The van der Waals surface area contributed by atoms with E-state index >= 15 is 0 Å². The number of epoxide rings is 1. The van der Waals surface area contributed by atoms with Crippen molar-refractivity contribution in [1.82, 2.24) is 0 Å². The molecule has 0 saturated carbocycles. The predicted molar refractivity (Wildman–Crippen MR) is 151 cm³/mol. The summed E-state index contributed by atoms with van der Waals surface area (Å²) >= 11 is 0. The maximum atomic E-state index is 6.23. The van der Waals surface area contributed by atoms with Gasteiger partial charge in [-0.3, -0.25) is 0 Å². The summed E-state index contributed by atoms with van der Waals surface area (Å²) in [7, 11) is 0. The fraction of sp³-hybridized carbons (Fsp3) is 0.818. The highest BCUT2D eigenvalue weighted by molar-refractivity contribution is 5.55. The molecule has 3 rings (SSSR count). The Labute approximate surface area is 218 Å². The zero-order valence-corrected chi connectivity index (χ0v) is 24.5. The molecule has 3 unspecified atom stereocenters. The van der Waals surface area contributed by atoms with Gasteiger partial charge in [0.1, 0.15) is 18.5 Å². The molecule has 1 fully saturated rings. The van der Waals surface area contributed by atoms with Crippen molar-refractivity contribution < 1.29 is 9.47 Å². The minimum absolute atomic E-state index is 0.314. The molecule has 0 aromatic heterocycles. The van der Waals surface area contributed by atoms with E-state index in [2.05, 4.69) is 55.4 Å². The van der Waals surface area contributed by atoms with Crippen molar-refractivity contribution in [2.45, 2.75) is 139 Å². The van der Waals surface area contributed by atoms with Crippen LogP contribution in [0.5, 0.6) is 5.75 Å². The second-order valence-electron chi connectivity index (χ2n) is 13.3. The van der Waals surface area contributed by atoms with E-state index in [4.69, 9.17) is 9.47 Å². The standard InChI is InChI=1S/C33H56O2/c1-23(2)12-9-13-24(3)14-10-15-25(4)16-11-18-33(8)19-17-30-28(7)32(35-22-29-21-34-29)27(6)26(5)31(30)20-33/h23-25,29H,9-22H2,1-8H3/t24?,25?,29-,33?/m0/s1. The van der Waals surface area contributed by atoms with Crippen LogP contribution in [0.1, 0.15) is 127 Å². The maximum absolute atomic E-state index is 6.23. The molecule has 1 heterocycles. The molecule has 1 aromatic carbocycles. The van der Waals surface area contributed by atoms with Gasteiger partial charge in [-0.15, -0.1) is 0 Å². The average Bonchev–Trinajstić information content (AvgIpc) is 3.61. The van der Waals surface area contributed by atoms with Gasteiger partial charge in [-0.1, -0.05) is 86.0 Å². The monoisotopic (exact) mass is 484 g/mol. The van der Waals surface area contributed by atoms with Gasteiger partial charge in [0, 0.05) is 0 Å². The summed E-state index contributed by atoms with van der Waals surface area (Å²) in [6.45, 7) is 20.6. The van der Waals surface area contributed by atoms with Crippen molar-refractivity contribution in [3.05, 3.63) is 27.8 Å². The normalized spacial score (nSPS) is 23.3. The topological polar surface area (TPSA) is 21.8 Å². The molecule has 0 radical (unpaired) electrons. The smallest absolute Gasteiger partial charge is 0.125 e. The fourth-order valence-corrected chi connectivity index (χ4v) is 6.41. The highest BCUT2D eigenvalue weighted by Gasteiger charge is 2.33. The number of ether oxygens (including phenoxy) is 2. The molecule has 2 nitrogen and oxygen atoms in total. The first-order valence-corrected chi connectivity index (χ1v) is 15.0. The van der Waals surface area contributed by atoms with Crippen LogP contribution in [-0.2, 0) is 17.6 Å². The van der Waals surface area contributed by atoms with Gasteiger partial charge in [0.25, 0.3) is 0 Å². The Morgan fingerprint density at radius 1 is 0.829 bits per heavy atom. The lowest BCUT2D eigenvalue weighted by atomic mass is 9.67. The molecule has 2 aliphatic rings. The van der Waals surface area contributed by atoms with E-state index in [0.29, 0.717) is 18.1 Å². The lowest BCUT2D eigenvalue weighted by Crippen LogP contribution is -2.28. The molecule has 4 atom stereocenters. The molecular weight excluding hydrogens is 428 g/mol. The van der Waals surface area contributed by atoms with Gasteiger partial charge < -0.3 is 9.47 Å². The summed E-state index contributed by atoms with van der Waals surface area (Å²) in [6.07, 6.45) is 16.7. The summed E-state index contributed by atoms with van der Waals surface area (Å²) in [5, 5.41) is 0. The number of benzene rings is 1. The zero-order valence-electron chi connectivity index (χ0n) is 24.5. The van der Waals surface area contributed by atoms with Gasteiger partial charge in [0.05, 0.1) is 6.61 Å². The summed E-state index contributed by atoms with van der Waals surface area (Å²) in [5.74, 6) is 3.77. The van der Waals surface area contributed by atoms with Gasteiger partial charge in [-0.25, -0.2) is 0 Å². The van der Waals surface area contributed by atoms with Crippen LogP contribution in [0.2, 0.25) is 0 Å². The first-order chi connectivity index (χ1) is 16.6. The molecule has 1 aliphatic heterocycles. The lowest BCUT2D eigenvalue weighted by Gasteiger charge is -2.38. The molecule has 0 spiro atoms. The van der Waals surface area contributed by atoms with Crippen LogP contribution >= 0.6 is 0 Å². The van der Waals surface area contributed by atoms with E-state index in [-0.39, 0.29) is 0 Å². The molecular formula is C33H56O2. The predicted octanol–water partition coefficient (Wildman–Crippen LogP) is 9.32. The Balaban J connectivity index is 1.43. The fourth-order valence-electron chi connectivity index (χ4n) is 6.41. The Hall–Kier alpha value is -1.02. The van der Waals surface area contributed by atoms with Gasteiger partial charge >= 0.3 is 0 Å². The van der Waals surface area contributed by atoms with Crippen LogP contribution in [0.4, 0.5) is 0 Å². The Morgan fingerprint density at radius 3 is 2.03 bits per heavy atom. The van der Waals surface area contributed by atoms with E-state index < -0.39 is 0 Å². The minimum Gasteiger partial charge on any atom is -0.490 e. The molecule has 1 aliphatic carbocycles. The molecule has 0 N–H and O–H groups in total. The molecule has 1 aromatic rings. The summed E-state index contributed by atoms with van der Waals surface area (Å²) in [5.41, 5.74) is 7.86. The Bertz CT molecular complexity index is 806. The largest absolute Gasteiger partial charge is 0.490 e. The number of fused-ring (bicyclic) bond motifs is 1. The highest BCUT2D eigenvalue weighted by Crippen LogP contribution is 2.45. The number of hydrogen-bond acceptors (Lipinski definition) is 2. The minimum atomic E-state index is 0.314. The van der Waals surface area contributed by atoms with Crippen molar-refractivity contribution >= 4 is 0 Å². The van der Waals surface area contributed by atoms with Gasteiger partial charge in [-0.05, 0) is 97.4 Å². The quantitative estimate of drug-likeness (QED) is 0.231. The molecule has 0 amide bonds. The van der Waals surface area contributed by atoms with E-state index in [9.17, 15) is 0 Å². The number of rotatable bonds is 15. The Kier molecular flexibility index (Phi) is 10.6. The Morgan fingerprint density at radius 2 is 1.43 bits per heavy atom. The third-order valence-corrected chi connectivity index (χ3v) is 9.26. The van der Waals surface area contributed by atoms with Crippen molar-refractivity contribution in [2.24, 2.45) is 23.2 Å². The van der Waals surface area contributed by atoms with E-state index in [1.807, 2.05) is 0 Å². The molecule has 0 bridgehead atoms. The zero-order chi connectivity index (χ0) is 25.6. The highest BCUT2D eigenvalue weighted by atomic mass is 16.6. The van der Waals surface area contributed by atoms with E-state index in [1.54, 1.807) is 11.1 Å². The van der Waals surface area contributed by atoms with Gasteiger partial charge in [0.15, 0.2) is 0 Å². The molecule has 1 saturated heterocycles. The molecule has 200 valence electrons. The third-order valence-electron chi connectivity index (χ3n) is 9.26. The second-order valence-corrected chi connectivity index (χ2v) is 13.3. The first kappa shape index (κ1) is 28.5. The maximum Gasteiger partial charge on any atom is 0.125 e. The van der Waals surface area contributed by atoms with Gasteiger partial charge in [-0.2, -0.15) is 0 Å². The van der Waals surface area contributed by atoms with Gasteiger partial charge in [0.2, 0.25) is 0 Å². The van der Waals surface area contributed by atoms with Crippen LogP contribution < -0.4 is 4.74 Å². The summed E-state index contributed by atoms with van der Waals surface area (Å²) in [6, 6.07) is 0. The summed E-state index contributed by atoms with van der Waals surface area (Å²) in [4.78, 5) is 0. The van der Waals surface area contributed by atoms with Crippen molar-refractivity contribution in [3.63, 3.8) is 0 Å². The molecule has 35 heavy (non-hydrogen) atoms. The van der Waals surface area contributed by atoms with Crippen molar-refractivity contribution in [2.75, 3.05) is 13.2 Å². The second kappa shape index (κ2) is 13.0. The van der Waals surface area contributed by atoms with E-state index in [1.165, 1.54) is 93.7 Å². The SMILES string of the molecule is Cc1c(C)c(OC[C@@H]2CO2)c(C)c2c1CC(C)(CCCC(C)CCCC(C)CCCC(C)C)CC2. The third kappa shape index (κ3) is 8.51. The van der Waals surface area contributed by atoms with Crippen LogP contribution in [0, 0.1) is 43.9 Å². The van der Waals surface area contributed by atoms with Crippen LogP contribution in [0.25, 0.3) is 0 Å². The summed E-state index contributed by atoms with van der Waals surface area (Å²) < 4.78 is 11.6. The van der Waals surface area contributed by atoms with Crippen LogP contribution in [-0.4, -0.2) is 19.3 Å². The van der Waals surface area contributed by atoms with Crippen molar-refractivity contribution in [1.29, 1.82) is 0 Å². The van der Waals surface area contributed by atoms with E-state index in [0.717, 1.165) is 30.1 Å². The van der Waals surface area contributed by atoms with Crippen LogP contribution in [0.15, 0.2) is 0 Å². The average molecular weight is 485 g/mol.